The Balaban J connectivity index is 2.51. The molecule has 0 saturated carbocycles. The molecule has 0 bridgehead atoms. The van der Waals surface area contributed by atoms with Crippen LogP contribution >= 0.6 is 0 Å². The summed E-state index contributed by atoms with van der Waals surface area (Å²) < 4.78 is 6.43. The molecule has 0 aromatic carbocycles. The molecule has 0 amide bonds. The minimum absolute atomic E-state index is 0.0594. The molecule has 1 N–H and O–H groups in total. The molecular weight excluding hydrogens is 206 g/mol. The van der Waals surface area contributed by atoms with Crippen molar-refractivity contribution in [2.24, 2.45) is 0 Å². The first-order valence-electron chi connectivity index (χ1n) is 5.58. The fraction of sp³-hybridized carbons (Fsp3) is 0.636. The summed E-state index contributed by atoms with van der Waals surface area (Å²) in [6, 6.07) is 1.58. The zero-order chi connectivity index (χ0) is 11.8. The second-order valence-electron chi connectivity index (χ2n) is 3.54. The lowest BCUT2D eigenvalue weighted by Gasteiger charge is -2.06. The van der Waals surface area contributed by atoms with Gasteiger partial charge in [-0.1, -0.05) is 0 Å². The first-order valence-corrected chi connectivity index (χ1v) is 5.58. The van der Waals surface area contributed by atoms with Crippen LogP contribution < -0.4 is 10.9 Å². The van der Waals surface area contributed by atoms with Crippen LogP contribution in [0.4, 0.5) is 5.69 Å². The SMILES string of the molecule is CCNc1cnn(CCCCOC)c(=O)c1. The predicted octanol–water partition coefficient (Wildman–Crippen LogP) is 1.10. The van der Waals surface area contributed by atoms with E-state index in [1.165, 1.54) is 4.68 Å². The topological polar surface area (TPSA) is 56.1 Å². The molecule has 0 spiro atoms. The van der Waals surface area contributed by atoms with Gasteiger partial charge in [0.2, 0.25) is 0 Å². The van der Waals surface area contributed by atoms with Crippen LogP contribution in [0.15, 0.2) is 17.1 Å². The standard InChI is InChI=1S/C11H19N3O2/c1-3-12-10-8-11(15)14(13-9-10)6-4-5-7-16-2/h8-9,12H,3-7H2,1-2H3. The van der Waals surface area contributed by atoms with Gasteiger partial charge in [-0.05, 0) is 19.8 Å². The monoisotopic (exact) mass is 225 g/mol. The Labute approximate surface area is 95.4 Å². The maximum Gasteiger partial charge on any atom is 0.268 e. The molecule has 1 heterocycles. The summed E-state index contributed by atoms with van der Waals surface area (Å²) in [7, 11) is 1.68. The number of rotatable bonds is 7. The Morgan fingerprint density at radius 3 is 2.94 bits per heavy atom. The average molecular weight is 225 g/mol. The molecule has 1 rings (SSSR count). The van der Waals surface area contributed by atoms with E-state index in [1.807, 2.05) is 6.92 Å². The van der Waals surface area contributed by atoms with Gasteiger partial charge in [0.05, 0.1) is 11.9 Å². The summed E-state index contributed by atoms with van der Waals surface area (Å²) in [5.74, 6) is 0. The maximum absolute atomic E-state index is 11.6. The van der Waals surface area contributed by atoms with Crippen molar-refractivity contribution in [1.29, 1.82) is 0 Å². The third kappa shape index (κ3) is 4.02. The number of aryl methyl sites for hydroxylation is 1. The van der Waals surface area contributed by atoms with Gasteiger partial charge in [0.25, 0.3) is 5.56 Å². The van der Waals surface area contributed by atoms with Crippen molar-refractivity contribution in [2.75, 3.05) is 25.6 Å². The molecule has 16 heavy (non-hydrogen) atoms. The molecule has 90 valence electrons. The number of nitrogens with one attached hydrogen (secondary N) is 1. The van der Waals surface area contributed by atoms with Crippen LogP contribution in [0.25, 0.3) is 0 Å². The molecule has 1 aromatic heterocycles. The quantitative estimate of drug-likeness (QED) is 0.706. The summed E-state index contributed by atoms with van der Waals surface area (Å²) in [6.07, 6.45) is 3.53. The van der Waals surface area contributed by atoms with E-state index >= 15 is 0 Å². The Kier molecular flexibility index (Phi) is 5.56. The van der Waals surface area contributed by atoms with E-state index in [0.717, 1.165) is 31.7 Å². The van der Waals surface area contributed by atoms with Gasteiger partial charge in [0, 0.05) is 32.9 Å². The van der Waals surface area contributed by atoms with Crippen LogP contribution in [0.1, 0.15) is 19.8 Å². The zero-order valence-electron chi connectivity index (χ0n) is 9.90. The van der Waals surface area contributed by atoms with E-state index in [1.54, 1.807) is 19.4 Å². The molecule has 0 atom stereocenters. The largest absolute Gasteiger partial charge is 0.385 e. The Morgan fingerprint density at radius 2 is 2.31 bits per heavy atom. The van der Waals surface area contributed by atoms with Crippen molar-refractivity contribution in [1.82, 2.24) is 9.78 Å². The summed E-state index contributed by atoms with van der Waals surface area (Å²) in [4.78, 5) is 11.6. The summed E-state index contributed by atoms with van der Waals surface area (Å²) >= 11 is 0. The van der Waals surface area contributed by atoms with Gasteiger partial charge in [-0.2, -0.15) is 5.10 Å². The molecule has 0 radical (unpaired) electrons. The first-order chi connectivity index (χ1) is 7.77. The van der Waals surface area contributed by atoms with Gasteiger partial charge < -0.3 is 10.1 Å². The molecule has 1 aromatic rings. The van der Waals surface area contributed by atoms with Crippen molar-refractivity contribution < 1.29 is 4.74 Å². The van der Waals surface area contributed by atoms with Crippen molar-refractivity contribution in [2.45, 2.75) is 26.3 Å². The van der Waals surface area contributed by atoms with Gasteiger partial charge in [0.1, 0.15) is 0 Å². The number of aromatic nitrogens is 2. The van der Waals surface area contributed by atoms with Crippen LogP contribution in [0.2, 0.25) is 0 Å². The third-order valence-electron chi connectivity index (χ3n) is 2.22. The second-order valence-corrected chi connectivity index (χ2v) is 3.54. The fourth-order valence-corrected chi connectivity index (χ4v) is 1.41. The molecule has 0 saturated heterocycles. The highest BCUT2D eigenvalue weighted by molar-refractivity contribution is 5.38. The van der Waals surface area contributed by atoms with Gasteiger partial charge in [-0.25, -0.2) is 4.68 Å². The third-order valence-corrected chi connectivity index (χ3v) is 2.22. The lowest BCUT2D eigenvalue weighted by molar-refractivity contribution is 0.190. The number of ether oxygens (including phenoxy) is 1. The predicted molar refractivity (Wildman–Crippen MR) is 63.8 cm³/mol. The fourth-order valence-electron chi connectivity index (χ4n) is 1.41. The average Bonchev–Trinajstić information content (AvgIpc) is 2.27. The molecule has 0 unspecified atom stereocenters. The van der Waals surface area contributed by atoms with Crippen molar-refractivity contribution in [3.8, 4) is 0 Å². The number of anilines is 1. The lowest BCUT2D eigenvalue weighted by atomic mass is 10.3. The molecule has 0 aliphatic rings. The summed E-state index contributed by atoms with van der Waals surface area (Å²) in [5, 5.41) is 7.15. The van der Waals surface area contributed by atoms with Gasteiger partial charge in [0.15, 0.2) is 0 Å². The van der Waals surface area contributed by atoms with Crippen LogP contribution in [0.3, 0.4) is 0 Å². The number of unbranched alkanes of at least 4 members (excludes halogenated alkanes) is 1. The van der Waals surface area contributed by atoms with E-state index in [-0.39, 0.29) is 5.56 Å². The minimum Gasteiger partial charge on any atom is -0.385 e. The van der Waals surface area contributed by atoms with Crippen LogP contribution in [-0.2, 0) is 11.3 Å². The minimum atomic E-state index is -0.0594. The molecule has 0 aliphatic carbocycles. The molecule has 5 heteroatoms. The van der Waals surface area contributed by atoms with Crippen molar-refractivity contribution in [3.63, 3.8) is 0 Å². The van der Waals surface area contributed by atoms with E-state index < -0.39 is 0 Å². The molecular formula is C11H19N3O2. The normalized spacial score (nSPS) is 10.4. The number of nitrogens with zero attached hydrogens (tertiary/aromatic N) is 2. The highest BCUT2D eigenvalue weighted by Crippen LogP contribution is 1.99. The van der Waals surface area contributed by atoms with Gasteiger partial charge in [-0.15, -0.1) is 0 Å². The number of hydrogen-bond acceptors (Lipinski definition) is 4. The van der Waals surface area contributed by atoms with E-state index in [4.69, 9.17) is 4.74 Å². The first kappa shape index (κ1) is 12.7. The van der Waals surface area contributed by atoms with Crippen LogP contribution in [-0.4, -0.2) is 30.0 Å². The summed E-state index contributed by atoms with van der Waals surface area (Å²) in [5.41, 5.74) is 0.719. The Bertz CT molecular complexity index is 362. The van der Waals surface area contributed by atoms with Gasteiger partial charge >= 0.3 is 0 Å². The lowest BCUT2D eigenvalue weighted by Crippen LogP contribution is -2.22. The van der Waals surface area contributed by atoms with Gasteiger partial charge in [-0.3, -0.25) is 4.79 Å². The second kappa shape index (κ2) is 7.00. The maximum atomic E-state index is 11.6. The van der Waals surface area contributed by atoms with E-state index in [0.29, 0.717) is 6.54 Å². The number of hydrogen-bond donors (Lipinski definition) is 1. The molecule has 0 aliphatic heterocycles. The number of methoxy groups -OCH3 is 1. The Morgan fingerprint density at radius 1 is 1.50 bits per heavy atom. The van der Waals surface area contributed by atoms with Crippen LogP contribution in [0.5, 0.6) is 0 Å². The molecule has 0 fully saturated rings. The zero-order valence-corrected chi connectivity index (χ0v) is 9.90. The van der Waals surface area contributed by atoms with Crippen LogP contribution in [0, 0.1) is 0 Å². The van der Waals surface area contributed by atoms with Crippen molar-refractivity contribution >= 4 is 5.69 Å². The van der Waals surface area contributed by atoms with E-state index in [2.05, 4.69) is 10.4 Å². The van der Waals surface area contributed by atoms with E-state index in [9.17, 15) is 4.79 Å². The smallest absolute Gasteiger partial charge is 0.268 e. The highest BCUT2D eigenvalue weighted by Gasteiger charge is 1.99. The highest BCUT2D eigenvalue weighted by atomic mass is 16.5. The molecule has 5 nitrogen and oxygen atoms in total. The Hall–Kier alpha value is -1.36. The summed E-state index contributed by atoms with van der Waals surface area (Å²) in [6.45, 7) is 4.15. The van der Waals surface area contributed by atoms with Crippen molar-refractivity contribution in [3.05, 3.63) is 22.6 Å².